The molecule has 6 heteroatoms. The zero-order chi connectivity index (χ0) is 27.2. The average molecular weight is 527 g/mol. The molecule has 3 atom stereocenters. The highest BCUT2D eigenvalue weighted by Crippen LogP contribution is 2.38. The molecule has 1 amide bonds. The van der Waals surface area contributed by atoms with Crippen LogP contribution in [0.15, 0.2) is 91.0 Å². The van der Waals surface area contributed by atoms with E-state index in [1.165, 1.54) is 17.0 Å². The molecule has 1 heterocycles. The summed E-state index contributed by atoms with van der Waals surface area (Å²) in [6.45, 7) is 3.40. The van der Waals surface area contributed by atoms with Gasteiger partial charge in [0.25, 0.3) is 0 Å². The number of likely N-dealkylation sites (tertiary alicyclic amines) is 1. The summed E-state index contributed by atoms with van der Waals surface area (Å²) in [5.74, 6) is 0.457. The average Bonchev–Trinajstić information content (AvgIpc) is 2.96. The molecule has 202 valence electrons. The molecule has 39 heavy (non-hydrogen) atoms. The Hall–Kier alpha value is -3.90. The Balaban J connectivity index is 1.41. The SMILES string of the molecule is CCCC1CN(C(=O)[O-])CC(OCc2cc(OCc3ccccc3)c3ccccc3c2)C1c1ccc(F)cc1. The second kappa shape index (κ2) is 12.3. The molecule has 0 radical (unpaired) electrons. The van der Waals surface area contributed by atoms with Crippen LogP contribution in [0.25, 0.3) is 10.8 Å². The predicted molar refractivity (Wildman–Crippen MR) is 148 cm³/mol. The minimum absolute atomic E-state index is 0.0403. The summed E-state index contributed by atoms with van der Waals surface area (Å²) < 4.78 is 26.5. The Labute approximate surface area is 228 Å². The zero-order valence-electron chi connectivity index (χ0n) is 22.1. The Morgan fingerprint density at radius 1 is 0.923 bits per heavy atom. The molecule has 4 aromatic carbocycles. The number of carbonyl (C=O) groups is 1. The van der Waals surface area contributed by atoms with Gasteiger partial charge in [0.05, 0.1) is 12.7 Å². The summed E-state index contributed by atoms with van der Waals surface area (Å²) in [4.78, 5) is 13.2. The molecular weight excluding hydrogens is 493 g/mol. The summed E-state index contributed by atoms with van der Waals surface area (Å²) in [6.07, 6.45) is 0.144. The van der Waals surface area contributed by atoms with Crippen LogP contribution in [0.5, 0.6) is 5.75 Å². The van der Waals surface area contributed by atoms with Crippen LogP contribution >= 0.6 is 0 Å². The zero-order valence-corrected chi connectivity index (χ0v) is 22.1. The number of piperidine rings is 1. The van der Waals surface area contributed by atoms with Crippen molar-refractivity contribution in [3.8, 4) is 5.75 Å². The van der Waals surface area contributed by atoms with Crippen LogP contribution in [0.4, 0.5) is 9.18 Å². The van der Waals surface area contributed by atoms with Crippen LogP contribution in [-0.4, -0.2) is 30.2 Å². The largest absolute Gasteiger partial charge is 0.530 e. The number of hydrogen-bond acceptors (Lipinski definition) is 4. The number of carbonyl (C=O) groups excluding carboxylic acids is 1. The Bertz CT molecular complexity index is 1390. The monoisotopic (exact) mass is 526 g/mol. The highest BCUT2D eigenvalue weighted by Gasteiger charge is 2.38. The maximum Gasteiger partial charge on any atom is 0.137 e. The summed E-state index contributed by atoms with van der Waals surface area (Å²) in [6, 6.07) is 28.7. The van der Waals surface area contributed by atoms with Crippen LogP contribution in [0.2, 0.25) is 0 Å². The van der Waals surface area contributed by atoms with Crippen molar-refractivity contribution < 1.29 is 23.8 Å². The van der Waals surface area contributed by atoms with Gasteiger partial charge in [-0.3, -0.25) is 0 Å². The molecule has 0 N–H and O–H groups in total. The minimum atomic E-state index is -1.19. The standard InChI is InChI=1S/C33H34FNO4/c1-2-8-27-19-35(33(36)37)20-31(32(27)25-13-15-28(34)16-14-25)39-22-24-17-26-11-6-7-12-29(26)30(18-24)38-21-23-9-4-3-5-10-23/h3-7,9-18,27,31-32H,2,8,19-22H2,1H3,(H,36,37)/p-1. The first-order valence-electron chi connectivity index (χ1n) is 13.5. The Kier molecular flexibility index (Phi) is 8.42. The molecule has 0 aliphatic carbocycles. The number of ether oxygens (including phenoxy) is 2. The van der Waals surface area contributed by atoms with Crippen LogP contribution in [-0.2, 0) is 18.0 Å². The highest BCUT2D eigenvalue weighted by atomic mass is 19.1. The molecule has 5 nitrogen and oxygen atoms in total. The number of fused-ring (bicyclic) bond motifs is 1. The fourth-order valence-corrected chi connectivity index (χ4v) is 5.70. The van der Waals surface area contributed by atoms with E-state index in [0.717, 1.165) is 46.1 Å². The van der Waals surface area contributed by atoms with Crippen molar-refractivity contribution in [3.05, 3.63) is 114 Å². The fourth-order valence-electron chi connectivity index (χ4n) is 5.70. The second-order valence-electron chi connectivity index (χ2n) is 10.2. The third kappa shape index (κ3) is 6.40. The van der Waals surface area contributed by atoms with E-state index in [2.05, 4.69) is 13.0 Å². The van der Waals surface area contributed by atoms with E-state index in [1.54, 1.807) is 12.1 Å². The molecule has 1 aliphatic heterocycles. The fraction of sp³-hybridized carbons (Fsp3) is 0.303. The highest BCUT2D eigenvalue weighted by molar-refractivity contribution is 5.89. The lowest BCUT2D eigenvalue weighted by Crippen LogP contribution is -2.54. The van der Waals surface area contributed by atoms with E-state index in [4.69, 9.17) is 9.47 Å². The van der Waals surface area contributed by atoms with Crippen molar-refractivity contribution in [3.63, 3.8) is 0 Å². The van der Waals surface area contributed by atoms with E-state index < -0.39 is 12.2 Å². The van der Waals surface area contributed by atoms with Gasteiger partial charge in [-0.25, -0.2) is 4.39 Å². The molecular formula is C33H33FNO4-. The van der Waals surface area contributed by atoms with Gasteiger partial charge in [-0.15, -0.1) is 0 Å². The first-order chi connectivity index (χ1) is 19.0. The molecule has 4 aromatic rings. The number of halogens is 1. The Morgan fingerprint density at radius 2 is 1.67 bits per heavy atom. The second-order valence-corrected chi connectivity index (χ2v) is 10.2. The third-order valence-electron chi connectivity index (χ3n) is 7.52. The molecule has 5 rings (SSSR count). The number of carboxylic acid groups (broad SMARTS) is 1. The summed E-state index contributed by atoms with van der Waals surface area (Å²) in [7, 11) is 0. The lowest BCUT2D eigenvalue weighted by Gasteiger charge is -2.45. The van der Waals surface area contributed by atoms with E-state index in [9.17, 15) is 14.3 Å². The van der Waals surface area contributed by atoms with Crippen molar-refractivity contribution in [2.45, 2.75) is 45.0 Å². The summed E-state index contributed by atoms with van der Waals surface area (Å²) >= 11 is 0. The van der Waals surface area contributed by atoms with Gasteiger partial charge in [-0.1, -0.05) is 80.1 Å². The predicted octanol–water partition coefficient (Wildman–Crippen LogP) is 6.30. The Morgan fingerprint density at radius 3 is 2.41 bits per heavy atom. The number of benzene rings is 4. The smallest absolute Gasteiger partial charge is 0.137 e. The van der Waals surface area contributed by atoms with E-state index >= 15 is 0 Å². The minimum Gasteiger partial charge on any atom is -0.530 e. The van der Waals surface area contributed by atoms with Crippen molar-refractivity contribution >= 4 is 16.9 Å². The van der Waals surface area contributed by atoms with Gasteiger partial charge >= 0.3 is 0 Å². The number of amides is 1. The molecule has 1 fully saturated rings. The number of nitrogens with zero attached hydrogens (tertiary/aromatic N) is 1. The van der Waals surface area contributed by atoms with Crippen molar-refractivity contribution in [2.24, 2.45) is 5.92 Å². The van der Waals surface area contributed by atoms with Crippen LogP contribution < -0.4 is 9.84 Å². The van der Waals surface area contributed by atoms with Crippen LogP contribution in [0.3, 0.4) is 0 Å². The number of hydrogen-bond donors (Lipinski definition) is 0. The molecule has 3 unspecified atom stereocenters. The van der Waals surface area contributed by atoms with E-state index in [-0.39, 0.29) is 30.8 Å². The third-order valence-corrected chi connectivity index (χ3v) is 7.52. The van der Waals surface area contributed by atoms with Crippen LogP contribution in [0.1, 0.15) is 42.4 Å². The molecule has 1 aliphatic rings. The van der Waals surface area contributed by atoms with Gasteiger partial charge in [-0.2, -0.15) is 0 Å². The van der Waals surface area contributed by atoms with Gasteiger partial charge in [-0.05, 0) is 58.7 Å². The van der Waals surface area contributed by atoms with Gasteiger partial charge < -0.3 is 24.3 Å². The van der Waals surface area contributed by atoms with Crippen molar-refractivity contribution in [1.82, 2.24) is 4.90 Å². The van der Waals surface area contributed by atoms with Crippen LogP contribution in [0, 0.1) is 11.7 Å². The van der Waals surface area contributed by atoms with Gasteiger partial charge in [0, 0.05) is 24.4 Å². The lowest BCUT2D eigenvalue weighted by atomic mass is 9.76. The van der Waals surface area contributed by atoms with Crippen molar-refractivity contribution in [1.29, 1.82) is 0 Å². The lowest BCUT2D eigenvalue weighted by molar-refractivity contribution is -0.269. The maximum atomic E-state index is 13.7. The molecule has 1 saturated heterocycles. The van der Waals surface area contributed by atoms with Gasteiger partial charge in [0.15, 0.2) is 0 Å². The first kappa shape index (κ1) is 26.7. The molecule has 0 aromatic heterocycles. The van der Waals surface area contributed by atoms with E-state index in [1.807, 2.05) is 60.7 Å². The summed E-state index contributed by atoms with van der Waals surface area (Å²) in [5, 5.41) is 13.9. The van der Waals surface area contributed by atoms with Gasteiger partial charge in [0.1, 0.15) is 24.3 Å². The first-order valence-corrected chi connectivity index (χ1v) is 13.5. The maximum absolute atomic E-state index is 13.7. The molecule has 0 saturated carbocycles. The molecule has 0 bridgehead atoms. The van der Waals surface area contributed by atoms with Gasteiger partial charge in [0.2, 0.25) is 0 Å². The van der Waals surface area contributed by atoms with E-state index in [0.29, 0.717) is 13.2 Å². The quantitative estimate of drug-likeness (QED) is 0.257. The topological polar surface area (TPSA) is 61.8 Å². The van der Waals surface area contributed by atoms with Crippen molar-refractivity contribution in [2.75, 3.05) is 13.1 Å². The normalized spacial score (nSPS) is 19.2. The molecule has 0 spiro atoms. The summed E-state index contributed by atoms with van der Waals surface area (Å²) in [5.41, 5.74) is 2.98. The number of rotatable bonds is 9.